The average Bonchev–Trinajstić information content (AvgIpc) is 2.54. The average molecular weight is 319 g/mol. The molecule has 2 aromatic rings. The second kappa shape index (κ2) is 5.99. The Morgan fingerprint density at radius 1 is 1.14 bits per heavy atom. The van der Waals surface area contributed by atoms with Gasteiger partial charge in [-0.3, -0.25) is 0 Å². The van der Waals surface area contributed by atoms with Crippen molar-refractivity contribution in [1.29, 1.82) is 0 Å². The molecule has 2 atom stereocenters. The molecule has 1 saturated heterocycles. The zero-order valence-corrected chi connectivity index (χ0v) is 13.5. The van der Waals surface area contributed by atoms with E-state index in [0.29, 0.717) is 11.4 Å². The fourth-order valence-electron chi connectivity index (χ4n) is 3.18. The van der Waals surface area contributed by atoms with Crippen molar-refractivity contribution in [2.75, 3.05) is 13.2 Å². The maximum atomic E-state index is 13.1. The van der Waals surface area contributed by atoms with E-state index in [0.717, 1.165) is 23.6 Å². The van der Waals surface area contributed by atoms with E-state index in [9.17, 15) is 13.5 Å². The van der Waals surface area contributed by atoms with Crippen molar-refractivity contribution in [3.05, 3.63) is 42.5 Å². The zero-order valence-electron chi connectivity index (χ0n) is 12.6. The minimum atomic E-state index is -3.56. The van der Waals surface area contributed by atoms with Crippen molar-refractivity contribution >= 4 is 20.8 Å². The Labute approximate surface area is 131 Å². The van der Waals surface area contributed by atoms with Crippen molar-refractivity contribution in [1.82, 2.24) is 4.31 Å². The Morgan fingerprint density at radius 2 is 1.86 bits per heavy atom. The van der Waals surface area contributed by atoms with Gasteiger partial charge >= 0.3 is 0 Å². The lowest BCUT2D eigenvalue weighted by Gasteiger charge is -2.36. The number of aliphatic hydroxyl groups excluding tert-OH is 1. The minimum absolute atomic E-state index is 0.0287. The maximum Gasteiger partial charge on any atom is 0.243 e. The fourth-order valence-corrected chi connectivity index (χ4v) is 5.13. The van der Waals surface area contributed by atoms with Crippen molar-refractivity contribution in [3.8, 4) is 0 Å². The molecule has 0 amide bonds. The molecule has 0 bridgehead atoms. The Morgan fingerprint density at radius 3 is 2.64 bits per heavy atom. The van der Waals surface area contributed by atoms with Crippen LogP contribution in [0.25, 0.3) is 10.8 Å². The topological polar surface area (TPSA) is 57.6 Å². The van der Waals surface area contributed by atoms with Crippen LogP contribution in [0.5, 0.6) is 0 Å². The highest BCUT2D eigenvalue weighted by atomic mass is 32.2. The Bertz CT molecular complexity index is 767. The third-order valence-corrected chi connectivity index (χ3v) is 6.56. The highest BCUT2D eigenvalue weighted by Crippen LogP contribution is 2.31. The smallest absolute Gasteiger partial charge is 0.243 e. The van der Waals surface area contributed by atoms with Gasteiger partial charge in [-0.05, 0) is 37.1 Å². The molecule has 0 spiro atoms. The molecule has 0 aromatic heterocycles. The highest BCUT2D eigenvalue weighted by Gasteiger charge is 2.35. The number of sulfonamides is 1. The van der Waals surface area contributed by atoms with Crippen LogP contribution in [-0.4, -0.2) is 37.0 Å². The summed E-state index contributed by atoms with van der Waals surface area (Å²) in [6.45, 7) is 2.37. The molecule has 2 aromatic carbocycles. The second-order valence-electron chi connectivity index (χ2n) is 6.03. The van der Waals surface area contributed by atoms with Crippen LogP contribution in [0.15, 0.2) is 47.4 Å². The van der Waals surface area contributed by atoms with E-state index in [4.69, 9.17) is 0 Å². The lowest BCUT2D eigenvalue weighted by atomic mass is 9.96. The number of fused-ring (bicyclic) bond motifs is 1. The Hall–Kier alpha value is -1.43. The van der Waals surface area contributed by atoms with Gasteiger partial charge < -0.3 is 5.11 Å². The van der Waals surface area contributed by atoms with Crippen molar-refractivity contribution in [2.45, 2.75) is 30.7 Å². The Kier molecular flexibility index (Phi) is 4.21. The lowest BCUT2D eigenvalue weighted by Crippen LogP contribution is -2.46. The summed E-state index contributed by atoms with van der Waals surface area (Å²) in [6.07, 6.45) is 1.66. The molecule has 4 nitrogen and oxygen atoms in total. The number of rotatable bonds is 3. The molecule has 2 unspecified atom stereocenters. The largest absolute Gasteiger partial charge is 0.396 e. The molecule has 5 heteroatoms. The number of aliphatic hydroxyl groups is 1. The third-order valence-electron chi connectivity index (χ3n) is 4.52. The SMILES string of the molecule is CC1CCC(CO)CN1S(=O)(=O)c1cccc2ccccc12. The van der Waals surface area contributed by atoms with E-state index in [1.165, 1.54) is 0 Å². The van der Waals surface area contributed by atoms with Crippen LogP contribution in [-0.2, 0) is 10.0 Å². The van der Waals surface area contributed by atoms with Crippen LogP contribution in [0, 0.1) is 5.92 Å². The molecule has 1 N–H and O–H groups in total. The van der Waals surface area contributed by atoms with Gasteiger partial charge in [0.2, 0.25) is 10.0 Å². The van der Waals surface area contributed by atoms with Gasteiger partial charge in [0, 0.05) is 24.6 Å². The van der Waals surface area contributed by atoms with Gasteiger partial charge in [-0.1, -0.05) is 36.4 Å². The summed E-state index contributed by atoms with van der Waals surface area (Å²) in [5.41, 5.74) is 0. The Balaban J connectivity index is 2.08. The number of nitrogens with zero attached hydrogens (tertiary/aromatic N) is 1. The number of piperidine rings is 1. The first kappa shape index (κ1) is 15.5. The summed E-state index contributed by atoms with van der Waals surface area (Å²) in [7, 11) is -3.56. The van der Waals surface area contributed by atoms with Crippen LogP contribution < -0.4 is 0 Å². The summed E-state index contributed by atoms with van der Waals surface area (Å²) in [4.78, 5) is 0.357. The van der Waals surface area contributed by atoms with Gasteiger partial charge in [-0.25, -0.2) is 8.42 Å². The number of benzene rings is 2. The maximum absolute atomic E-state index is 13.1. The quantitative estimate of drug-likeness (QED) is 0.946. The van der Waals surface area contributed by atoms with Gasteiger partial charge in [0.15, 0.2) is 0 Å². The normalized spacial score (nSPS) is 23.7. The summed E-state index contributed by atoms with van der Waals surface area (Å²) < 4.78 is 27.8. The molecule has 1 fully saturated rings. The monoisotopic (exact) mass is 319 g/mol. The van der Waals surface area contributed by atoms with Gasteiger partial charge in [-0.2, -0.15) is 4.31 Å². The summed E-state index contributed by atoms with van der Waals surface area (Å²) >= 11 is 0. The van der Waals surface area contributed by atoms with E-state index in [1.807, 2.05) is 37.3 Å². The van der Waals surface area contributed by atoms with Crippen LogP contribution >= 0.6 is 0 Å². The van der Waals surface area contributed by atoms with E-state index in [1.54, 1.807) is 16.4 Å². The standard InChI is InChI=1S/C17H21NO3S/c1-13-9-10-14(12-19)11-18(13)22(20,21)17-8-4-6-15-5-2-3-7-16(15)17/h2-8,13-14,19H,9-12H2,1H3. The van der Waals surface area contributed by atoms with Crippen LogP contribution in [0.1, 0.15) is 19.8 Å². The predicted octanol–water partition coefficient (Wildman–Crippen LogP) is 2.62. The molecular formula is C17H21NO3S. The van der Waals surface area contributed by atoms with Gasteiger partial charge in [0.05, 0.1) is 4.90 Å². The molecule has 1 aliphatic rings. The molecule has 0 saturated carbocycles. The molecule has 118 valence electrons. The minimum Gasteiger partial charge on any atom is -0.396 e. The van der Waals surface area contributed by atoms with Gasteiger partial charge in [-0.15, -0.1) is 0 Å². The summed E-state index contributed by atoms with van der Waals surface area (Å²) in [5.74, 6) is 0.0287. The first-order chi connectivity index (χ1) is 10.5. The lowest BCUT2D eigenvalue weighted by molar-refractivity contribution is 0.139. The van der Waals surface area contributed by atoms with Crippen molar-refractivity contribution in [2.24, 2.45) is 5.92 Å². The summed E-state index contributed by atoms with van der Waals surface area (Å²) in [5, 5.41) is 11.1. The van der Waals surface area contributed by atoms with E-state index >= 15 is 0 Å². The van der Waals surface area contributed by atoms with Crippen LogP contribution in [0.4, 0.5) is 0 Å². The van der Waals surface area contributed by atoms with Gasteiger partial charge in [0.25, 0.3) is 0 Å². The molecule has 1 heterocycles. The molecular weight excluding hydrogens is 298 g/mol. The predicted molar refractivity (Wildman–Crippen MR) is 87.1 cm³/mol. The summed E-state index contributed by atoms with van der Waals surface area (Å²) in [6, 6.07) is 12.9. The first-order valence-electron chi connectivity index (χ1n) is 7.64. The highest BCUT2D eigenvalue weighted by molar-refractivity contribution is 7.89. The molecule has 1 aliphatic heterocycles. The van der Waals surface area contributed by atoms with Crippen molar-refractivity contribution in [3.63, 3.8) is 0 Å². The zero-order chi connectivity index (χ0) is 15.7. The van der Waals surface area contributed by atoms with Crippen LogP contribution in [0.3, 0.4) is 0 Å². The fraction of sp³-hybridized carbons (Fsp3) is 0.412. The third kappa shape index (κ3) is 2.64. The van der Waals surface area contributed by atoms with E-state index in [2.05, 4.69) is 0 Å². The van der Waals surface area contributed by atoms with Crippen molar-refractivity contribution < 1.29 is 13.5 Å². The van der Waals surface area contributed by atoms with Crippen LogP contribution in [0.2, 0.25) is 0 Å². The number of hydrogen-bond donors (Lipinski definition) is 1. The first-order valence-corrected chi connectivity index (χ1v) is 9.08. The molecule has 3 rings (SSSR count). The van der Waals surface area contributed by atoms with E-state index < -0.39 is 10.0 Å². The number of hydrogen-bond acceptors (Lipinski definition) is 3. The van der Waals surface area contributed by atoms with Gasteiger partial charge in [0.1, 0.15) is 0 Å². The molecule has 0 aliphatic carbocycles. The molecule has 0 radical (unpaired) electrons. The molecule has 22 heavy (non-hydrogen) atoms. The van der Waals surface area contributed by atoms with E-state index in [-0.39, 0.29) is 18.6 Å². The second-order valence-corrected chi connectivity index (χ2v) is 7.89.